The van der Waals surface area contributed by atoms with Crippen LogP contribution in [-0.2, 0) is 0 Å². The van der Waals surface area contributed by atoms with Gasteiger partial charge in [-0.25, -0.2) is 0 Å². The third kappa shape index (κ3) is 3.22. The highest BCUT2D eigenvalue weighted by molar-refractivity contribution is 6.39. The molecule has 0 saturated carbocycles. The SMILES string of the molecule is O=[N+]([O-])c1cc(-c2cccc(-c3c(Cl)cncc3Cl)c2)cc(O)c1O. The van der Waals surface area contributed by atoms with E-state index in [0.29, 0.717) is 32.3 Å². The van der Waals surface area contributed by atoms with Crippen molar-refractivity contribution in [2.45, 2.75) is 0 Å². The first kappa shape index (κ1) is 17.0. The van der Waals surface area contributed by atoms with E-state index in [9.17, 15) is 20.3 Å². The Balaban J connectivity index is 2.17. The molecule has 0 spiro atoms. The molecule has 1 aromatic heterocycles. The van der Waals surface area contributed by atoms with Crippen LogP contribution in [0.2, 0.25) is 10.0 Å². The first-order chi connectivity index (χ1) is 11.9. The predicted octanol–water partition coefficient (Wildman–Crippen LogP) is 5.04. The number of halogens is 2. The average Bonchev–Trinajstić information content (AvgIpc) is 2.57. The van der Waals surface area contributed by atoms with Crippen LogP contribution in [0.15, 0.2) is 48.8 Å². The monoisotopic (exact) mass is 376 g/mol. The number of phenolic OH excluding ortho intramolecular Hbond substituents is 2. The summed E-state index contributed by atoms with van der Waals surface area (Å²) >= 11 is 12.3. The zero-order valence-corrected chi connectivity index (χ0v) is 14.0. The maximum absolute atomic E-state index is 11.0. The Morgan fingerprint density at radius 2 is 1.60 bits per heavy atom. The minimum Gasteiger partial charge on any atom is -0.504 e. The van der Waals surface area contributed by atoms with Crippen LogP contribution in [0.3, 0.4) is 0 Å². The molecule has 1 heterocycles. The quantitative estimate of drug-likeness (QED) is 0.379. The molecule has 25 heavy (non-hydrogen) atoms. The molecule has 0 unspecified atom stereocenters. The average molecular weight is 377 g/mol. The van der Waals surface area contributed by atoms with Gasteiger partial charge in [0.25, 0.3) is 0 Å². The van der Waals surface area contributed by atoms with Crippen LogP contribution in [0.25, 0.3) is 22.3 Å². The van der Waals surface area contributed by atoms with Crippen LogP contribution in [-0.4, -0.2) is 20.1 Å². The molecule has 3 aromatic rings. The standard InChI is InChI=1S/C17H10Cl2N2O4/c18-12-7-20-8-13(19)16(12)10-3-1-2-9(4-10)11-5-14(21(24)25)17(23)15(22)6-11/h1-8,22-23H. The molecule has 0 amide bonds. The van der Waals surface area contributed by atoms with E-state index in [4.69, 9.17) is 23.2 Å². The number of nitro benzene ring substituents is 1. The highest BCUT2D eigenvalue weighted by Gasteiger charge is 2.20. The number of rotatable bonds is 3. The highest BCUT2D eigenvalue weighted by atomic mass is 35.5. The van der Waals surface area contributed by atoms with E-state index in [1.807, 2.05) is 0 Å². The predicted molar refractivity (Wildman–Crippen MR) is 95.1 cm³/mol. The fourth-order valence-electron chi connectivity index (χ4n) is 2.45. The van der Waals surface area contributed by atoms with Crippen molar-refractivity contribution < 1.29 is 15.1 Å². The molecule has 2 N–H and O–H groups in total. The minimum atomic E-state index is -0.773. The van der Waals surface area contributed by atoms with E-state index in [1.54, 1.807) is 24.3 Å². The topological polar surface area (TPSA) is 96.5 Å². The van der Waals surface area contributed by atoms with Crippen LogP contribution in [0.1, 0.15) is 0 Å². The lowest BCUT2D eigenvalue weighted by atomic mass is 9.99. The third-order valence-corrected chi connectivity index (χ3v) is 4.18. The summed E-state index contributed by atoms with van der Waals surface area (Å²) in [5.74, 6) is -1.35. The fraction of sp³-hybridized carbons (Fsp3) is 0. The van der Waals surface area contributed by atoms with Crippen molar-refractivity contribution in [2.75, 3.05) is 0 Å². The third-order valence-electron chi connectivity index (χ3n) is 3.60. The van der Waals surface area contributed by atoms with Gasteiger partial charge in [0.2, 0.25) is 5.75 Å². The van der Waals surface area contributed by atoms with Crippen LogP contribution in [0.5, 0.6) is 11.5 Å². The lowest BCUT2D eigenvalue weighted by molar-refractivity contribution is -0.385. The summed E-state index contributed by atoms with van der Waals surface area (Å²) in [7, 11) is 0. The van der Waals surface area contributed by atoms with Crippen LogP contribution in [0.4, 0.5) is 5.69 Å². The van der Waals surface area contributed by atoms with Gasteiger partial charge in [-0.3, -0.25) is 15.1 Å². The highest BCUT2D eigenvalue weighted by Crippen LogP contribution is 2.41. The van der Waals surface area contributed by atoms with Crippen molar-refractivity contribution in [3.05, 3.63) is 69.0 Å². The summed E-state index contributed by atoms with van der Waals surface area (Å²) in [6.45, 7) is 0. The van der Waals surface area contributed by atoms with Gasteiger partial charge in [0.1, 0.15) is 0 Å². The molecular weight excluding hydrogens is 367 g/mol. The number of nitro groups is 1. The number of nitrogens with zero attached hydrogens (tertiary/aromatic N) is 2. The molecule has 0 radical (unpaired) electrons. The smallest absolute Gasteiger partial charge is 0.315 e. The molecule has 3 rings (SSSR count). The first-order valence-corrected chi connectivity index (χ1v) is 7.74. The zero-order chi connectivity index (χ0) is 18.1. The van der Waals surface area contributed by atoms with E-state index >= 15 is 0 Å². The first-order valence-electron chi connectivity index (χ1n) is 6.98. The summed E-state index contributed by atoms with van der Waals surface area (Å²) < 4.78 is 0. The summed E-state index contributed by atoms with van der Waals surface area (Å²) in [4.78, 5) is 14.2. The minimum absolute atomic E-state index is 0.365. The summed E-state index contributed by atoms with van der Waals surface area (Å²) in [5.41, 5.74) is 1.63. The van der Waals surface area contributed by atoms with Gasteiger partial charge in [0, 0.05) is 24.0 Å². The zero-order valence-electron chi connectivity index (χ0n) is 12.5. The molecule has 126 valence electrons. The molecule has 0 bridgehead atoms. The molecule has 8 heteroatoms. The molecule has 6 nitrogen and oxygen atoms in total. The molecule has 0 aliphatic rings. The number of hydrogen-bond donors (Lipinski definition) is 2. The van der Waals surface area contributed by atoms with Gasteiger partial charge in [-0.05, 0) is 28.8 Å². The van der Waals surface area contributed by atoms with Crippen molar-refractivity contribution >= 4 is 28.9 Å². The Morgan fingerprint density at radius 3 is 2.24 bits per heavy atom. The van der Waals surface area contributed by atoms with Crippen molar-refractivity contribution in [3.63, 3.8) is 0 Å². The van der Waals surface area contributed by atoms with Gasteiger partial charge >= 0.3 is 5.69 Å². The summed E-state index contributed by atoms with van der Waals surface area (Å²) in [5, 5.41) is 31.1. The van der Waals surface area contributed by atoms with E-state index in [2.05, 4.69) is 4.98 Å². The van der Waals surface area contributed by atoms with E-state index in [1.165, 1.54) is 24.5 Å². The van der Waals surface area contributed by atoms with Gasteiger partial charge in [-0.1, -0.05) is 41.4 Å². The molecule has 0 saturated heterocycles. The number of aromatic nitrogens is 1. The molecule has 2 aromatic carbocycles. The number of hydrogen-bond acceptors (Lipinski definition) is 5. The van der Waals surface area contributed by atoms with E-state index in [0.717, 1.165) is 0 Å². The lowest BCUT2D eigenvalue weighted by Crippen LogP contribution is -1.91. The maximum Gasteiger partial charge on any atom is 0.315 e. The van der Waals surface area contributed by atoms with Gasteiger partial charge < -0.3 is 10.2 Å². The molecule has 0 aliphatic carbocycles. The second-order valence-electron chi connectivity index (χ2n) is 5.18. The normalized spacial score (nSPS) is 10.6. The van der Waals surface area contributed by atoms with Crippen molar-refractivity contribution in [1.29, 1.82) is 0 Å². The number of pyridine rings is 1. The summed E-state index contributed by atoms with van der Waals surface area (Å²) in [6, 6.07) is 9.38. The van der Waals surface area contributed by atoms with E-state index in [-0.39, 0.29) is 0 Å². The van der Waals surface area contributed by atoms with Gasteiger partial charge in [0.05, 0.1) is 15.0 Å². The molecular formula is C17H10Cl2N2O4. The Kier molecular flexibility index (Phi) is 4.48. The largest absolute Gasteiger partial charge is 0.504 e. The lowest BCUT2D eigenvalue weighted by Gasteiger charge is -2.10. The Morgan fingerprint density at radius 1 is 0.960 bits per heavy atom. The maximum atomic E-state index is 11.0. The van der Waals surface area contributed by atoms with Crippen molar-refractivity contribution in [1.82, 2.24) is 4.98 Å². The van der Waals surface area contributed by atoms with Crippen molar-refractivity contribution in [3.8, 4) is 33.8 Å². The number of phenols is 2. The van der Waals surface area contributed by atoms with Gasteiger partial charge in [-0.15, -0.1) is 0 Å². The second kappa shape index (κ2) is 6.58. The van der Waals surface area contributed by atoms with Crippen LogP contribution in [0, 0.1) is 10.1 Å². The Bertz CT molecular complexity index is 972. The Hall–Kier alpha value is -2.83. The van der Waals surface area contributed by atoms with E-state index < -0.39 is 22.1 Å². The van der Waals surface area contributed by atoms with Gasteiger partial charge in [-0.2, -0.15) is 0 Å². The molecule has 0 atom stereocenters. The second-order valence-corrected chi connectivity index (χ2v) is 5.99. The Labute approximate surface area is 152 Å². The number of aromatic hydroxyl groups is 2. The summed E-state index contributed by atoms with van der Waals surface area (Å²) in [6.07, 6.45) is 2.93. The molecule has 0 aliphatic heterocycles. The van der Waals surface area contributed by atoms with Gasteiger partial charge in [0.15, 0.2) is 5.75 Å². The fourth-order valence-corrected chi connectivity index (χ4v) is 3.03. The van der Waals surface area contributed by atoms with Crippen LogP contribution >= 0.6 is 23.2 Å². The number of benzene rings is 2. The van der Waals surface area contributed by atoms with Crippen molar-refractivity contribution in [2.24, 2.45) is 0 Å². The van der Waals surface area contributed by atoms with Crippen LogP contribution < -0.4 is 0 Å². The molecule has 0 fully saturated rings.